The number of pyridine rings is 1. The molecule has 0 amide bonds. The number of methoxy groups -OCH3 is 1. The predicted molar refractivity (Wildman–Crippen MR) is 142 cm³/mol. The summed E-state index contributed by atoms with van der Waals surface area (Å²) in [6.07, 6.45) is 1.82. The zero-order chi connectivity index (χ0) is 25.7. The van der Waals surface area contributed by atoms with Crippen LogP contribution < -0.4 is 5.56 Å². The molecule has 4 rings (SSSR count). The van der Waals surface area contributed by atoms with Crippen molar-refractivity contribution in [1.82, 2.24) is 30.1 Å². The van der Waals surface area contributed by atoms with Gasteiger partial charge in [-0.25, -0.2) is 4.68 Å². The third-order valence-corrected chi connectivity index (χ3v) is 6.64. The van der Waals surface area contributed by atoms with Gasteiger partial charge in [-0.1, -0.05) is 49.2 Å². The van der Waals surface area contributed by atoms with E-state index in [-0.39, 0.29) is 11.6 Å². The van der Waals surface area contributed by atoms with Gasteiger partial charge in [-0.2, -0.15) is 0 Å². The first-order chi connectivity index (χ1) is 17.4. The minimum Gasteiger partial charge on any atom is -0.383 e. The lowest BCUT2D eigenvalue weighted by Gasteiger charge is -2.31. The molecule has 0 radical (unpaired) electrons. The third kappa shape index (κ3) is 5.88. The quantitative estimate of drug-likeness (QED) is 0.331. The van der Waals surface area contributed by atoms with E-state index in [4.69, 9.17) is 4.74 Å². The molecule has 2 heterocycles. The monoisotopic (exact) mass is 488 g/mol. The smallest absolute Gasteiger partial charge is 0.252 e. The Hall–Kier alpha value is -3.36. The summed E-state index contributed by atoms with van der Waals surface area (Å²) in [4.78, 5) is 18.7. The Bertz CT molecular complexity index is 1360. The second kappa shape index (κ2) is 11.6. The van der Waals surface area contributed by atoms with Crippen LogP contribution in [0.15, 0.2) is 47.3 Å². The van der Waals surface area contributed by atoms with Crippen molar-refractivity contribution >= 4 is 10.9 Å². The maximum atomic E-state index is 13.2. The number of rotatable bonds is 11. The van der Waals surface area contributed by atoms with Gasteiger partial charge in [0.2, 0.25) is 0 Å². The summed E-state index contributed by atoms with van der Waals surface area (Å²) in [5.41, 5.74) is 6.24. The zero-order valence-corrected chi connectivity index (χ0v) is 21.9. The summed E-state index contributed by atoms with van der Waals surface area (Å²) in [5, 5.41) is 13.7. The normalized spacial score (nSPS) is 12.5. The van der Waals surface area contributed by atoms with Crippen LogP contribution in [0.4, 0.5) is 0 Å². The lowest BCUT2D eigenvalue weighted by molar-refractivity contribution is 0.147. The minimum absolute atomic E-state index is 0.0580. The molecule has 0 saturated heterocycles. The molecular weight excluding hydrogens is 452 g/mol. The van der Waals surface area contributed by atoms with Gasteiger partial charge in [-0.05, 0) is 66.4 Å². The number of nitrogens with zero attached hydrogens (tertiary/aromatic N) is 5. The summed E-state index contributed by atoms with van der Waals surface area (Å²) in [6.45, 7) is 10.6. The molecule has 0 spiro atoms. The van der Waals surface area contributed by atoms with Crippen LogP contribution in [0.2, 0.25) is 0 Å². The fraction of sp³-hybridized carbons (Fsp3) is 0.429. The van der Waals surface area contributed by atoms with Gasteiger partial charge in [0.05, 0.1) is 19.2 Å². The average Bonchev–Trinajstić information content (AvgIpc) is 3.31. The topological polar surface area (TPSA) is 88.9 Å². The molecule has 2 aromatic carbocycles. The van der Waals surface area contributed by atoms with Gasteiger partial charge in [-0.3, -0.25) is 9.69 Å². The summed E-state index contributed by atoms with van der Waals surface area (Å²) in [7, 11) is 1.67. The van der Waals surface area contributed by atoms with Crippen LogP contribution in [0.25, 0.3) is 10.9 Å². The number of hydrogen-bond donors (Lipinski definition) is 1. The number of aryl methyl sites for hydroxylation is 3. The maximum Gasteiger partial charge on any atom is 0.252 e. The van der Waals surface area contributed by atoms with E-state index in [0.717, 1.165) is 46.3 Å². The molecule has 0 aliphatic rings. The highest BCUT2D eigenvalue weighted by Gasteiger charge is 2.27. The molecule has 36 heavy (non-hydrogen) atoms. The standard InChI is InChI=1S/C28H36N6O2/c1-6-7-26(27-30-31-32-34(27)12-13-36-5)33(17-22-10-8-19(2)9-11-22)18-23-16-24-21(4)14-20(3)15-25(24)29-28(23)35/h8-11,14-16,26H,6-7,12-13,17-18H2,1-5H3,(H,29,35). The molecule has 4 aromatic rings. The Morgan fingerprint density at radius 3 is 2.56 bits per heavy atom. The highest BCUT2D eigenvalue weighted by atomic mass is 16.5. The summed E-state index contributed by atoms with van der Waals surface area (Å²) in [6, 6.07) is 14.7. The summed E-state index contributed by atoms with van der Waals surface area (Å²) in [5.74, 6) is 0.796. The van der Waals surface area contributed by atoms with E-state index in [1.54, 1.807) is 7.11 Å². The molecule has 0 bridgehead atoms. The number of benzene rings is 2. The van der Waals surface area contributed by atoms with Crippen LogP contribution in [0.1, 0.15) is 59.4 Å². The summed E-state index contributed by atoms with van der Waals surface area (Å²) < 4.78 is 7.10. The van der Waals surface area contributed by atoms with Crippen molar-refractivity contribution in [2.45, 2.75) is 66.2 Å². The lowest BCUT2D eigenvalue weighted by Crippen LogP contribution is -2.33. The highest BCUT2D eigenvalue weighted by molar-refractivity contribution is 5.83. The predicted octanol–water partition coefficient (Wildman–Crippen LogP) is 4.63. The lowest BCUT2D eigenvalue weighted by atomic mass is 10.0. The molecule has 1 unspecified atom stereocenters. The zero-order valence-electron chi connectivity index (χ0n) is 21.9. The Balaban J connectivity index is 1.76. The van der Waals surface area contributed by atoms with Gasteiger partial charge in [0.15, 0.2) is 5.82 Å². The molecule has 0 aliphatic carbocycles. The van der Waals surface area contributed by atoms with Crippen LogP contribution in [0.5, 0.6) is 0 Å². The van der Waals surface area contributed by atoms with Crippen LogP contribution in [-0.4, -0.2) is 43.8 Å². The van der Waals surface area contributed by atoms with Gasteiger partial charge in [0.25, 0.3) is 5.56 Å². The number of ether oxygens (including phenoxy) is 1. The Labute approximate surface area is 212 Å². The minimum atomic E-state index is -0.0596. The second-order valence-electron chi connectivity index (χ2n) is 9.61. The van der Waals surface area contributed by atoms with Crippen molar-refractivity contribution in [3.8, 4) is 0 Å². The second-order valence-corrected chi connectivity index (χ2v) is 9.61. The van der Waals surface area contributed by atoms with Crippen LogP contribution in [0.3, 0.4) is 0 Å². The van der Waals surface area contributed by atoms with E-state index < -0.39 is 0 Å². The molecule has 0 fully saturated rings. The number of tetrazole rings is 1. The number of aromatic nitrogens is 5. The number of nitrogens with one attached hydrogen (secondary N) is 1. The maximum absolute atomic E-state index is 13.2. The van der Waals surface area contributed by atoms with E-state index in [0.29, 0.717) is 26.2 Å². The molecular formula is C28H36N6O2. The Morgan fingerprint density at radius 1 is 1.06 bits per heavy atom. The molecule has 0 aliphatic heterocycles. The van der Waals surface area contributed by atoms with E-state index in [1.165, 1.54) is 11.1 Å². The van der Waals surface area contributed by atoms with Crippen molar-refractivity contribution in [3.05, 3.63) is 86.5 Å². The van der Waals surface area contributed by atoms with Crippen LogP contribution in [0, 0.1) is 20.8 Å². The highest BCUT2D eigenvalue weighted by Crippen LogP contribution is 2.28. The van der Waals surface area contributed by atoms with Gasteiger partial charge in [-0.15, -0.1) is 5.10 Å². The number of fused-ring (bicyclic) bond motifs is 1. The fourth-order valence-corrected chi connectivity index (χ4v) is 4.79. The molecule has 8 nitrogen and oxygen atoms in total. The first-order valence-electron chi connectivity index (χ1n) is 12.6. The molecule has 190 valence electrons. The molecule has 1 atom stereocenters. The van der Waals surface area contributed by atoms with Crippen LogP contribution in [-0.2, 0) is 24.4 Å². The molecule has 2 aromatic heterocycles. The van der Waals surface area contributed by atoms with E-state index in [1.807, 2.05) is 23.7 Å². The largest absolute Gasteiger partial charge is 0.383 e. The van der Waals surface area contributed by atoms with Gasteiger partial charge < -0.3 is 9.72 Å². The van der Waals surface area contributed by atoms with Crippen LogP contribution >= 0.6 is 0 Å². The third-order valence-electron chi connectivity index (χ3n) is 6.64. The SMILES string of the molecule is CCCC(c1nnnn1CCOC)N(Cc1ccc(C)cc1)Cc1cc2c(C)cc(C)cc2[nH]c1=O. The van der Waals surface area contributed by atoms with E-state index >= 15 is 0 Å². The van der Waals surface area contributed by atoms with Gasteiger partial charge in [0, 0.05) is 36.7 Å². The molecule has 8 heteroatoms. The first-order valence-corrected chi connectivity index (χ1v) is 12.6. The Kier molecular flexibility index (Phi) is 8.28. The van der Waals surface area contributed by atoms with Crippen molar-refractivity contribution in [1.29, 1.82) is 0 Å². The van der Waals surface area contributed by atoms with Gasteiger partial charge >= 0.3 is 0 Å². The van der Waals surface area contributed by atoms with Gasteiger partial charge in [0.1, 0.15) is 0 Å². The molecule has 0 saturated carbocycles. The van der Waals surface area contributed by atoms with Crippen molar-refractivity contribution < 1.29 is 4.74 Å². The van der Waals surface area contributed by atoms with E-state index in [2.05, 4.69) is 76.5 Å². The number of aromatic amines is 1. The summed E-state index contributed by atoms with van der Waals surface area (Å²) >= 11 is 0. The van der Waals surface area contributed by atoms with E-state index in [9.17, 15) is 4.79 Å². The Morgan fingerprint density at radius 2 is 1.83 bits per heavy atom. The van der Waals surface area contributed by atoms with Crippen molar-refractivity contribution in [2.24, 2.45) is 0 Å². The number of hydrogen-bond acceptors (Lipinski definition) is 6. The number of H-pyrrole nitrogens is 1. The average molecular weight is 489 g/mol. The van der Waals surface area contributed by atoms with Crippen molar-refractivity contribution in [2.75, 3.05) is 13.7 Å². The molecule has 1 N–H and O–H groups in total. The fourth-order valence-electron chi connectivity index (χ4n) is 4.79. The first kappa shape index (κ1) is 25.7. The van der Waals surface area contributed by atoms with Crippen molar-refractivity contribution in [3.63, 3.8) is 0 Å².